The van der Waals surface area contributed by atoms with Crippen LogP contribution in [0.1, 0.15) is 37.3 Å². The minimum Gasteiger partial charge on any atom is -0.341 e. The van der Waals surface area contributed by atoms with Gasteiger partial charge in [0.2, 0.25) is 11.9 Å². The van der Waals surface area contributed by atoms with Gasteiger partial charge in [-0.15, -0.1) is 10.2 Å². The van der Waals surface area contributed by atoms with Crippen LogP contribution >= 0.6 is 23.4 Å². The number of rotatable bonds is 6. The van der Waals surface area contributed by atoms with Gasteiger partial charge in [0.1, 0.15) is 0 Å². The molecule has 0 unspecified atom stereocenters. The van der Waals surface area contributed by atoms with Gasteiger partial charge in [0.05, 0.1) is 16.3 Å². The van der Waals surface area contributed by atoms with E-state index in [4.69, 9.17) is 11.6 Å². The number of hydrogen-bond donors (Lipinski definition) is 1. The van der Waals surface area contributed by atoms with Gasteiger partial charge in [0, 0.05) is 24.8 Å². The Morgan fingerprint density at radius 2 is 1.97 bits per heavy atom. The van der Waals surface area contributed by atoms with Crippen LogP contribution in [-0.4, -0.2) is 39.5 Å². The fourth-order valence-corrected chi connectivity index (χ4v) is 4.33. The molecule has 1 saturated heterocycles. The van der Waals surface area contributed by atoms with Crippen LogP contribution in [0, 0.1) is 0 Å². The van der Waals surface area contributed by atoms with Gasteiger partial charge in [-0.05, 0) is 43.9 Å². The van der Waals surface area contributed by atoms with E-state index in [1.54, 1.807) is 0 Å². The Bertz CT molecular complexity index is 909. The van der Waals surface area contributed by atoms with Crippen molar-refractivity contribution in [2.45, 2.75) is 43.1 Å². The van der Waals surface area contributed by atoms with Crippen molar-refractivity contribution in [1.82, 2.24) is 14.8 Å². The number of carbonyl (C=O) groups excluding carboxylic acids is 1. The molecule has 11 heteroatoms. The van der Waals surface area contributed by atoms with Gasteiger partial charge in [-0.1, -0.05) is 23.4 Å². The lowest BCUT2D eigenvalue weighted by Gasteiger charge is -2.17. The summed E-state index contributed by atoms with van der Waals surface area (Å²) >= 11 is 6.85. The number of aromatic nitrogens is 3. The van der Waals surface area contributed by atoms with E-state index in [9.17, 15) is 18.0 Å². The van der Waals surface area contributed by atoms with Crippen molar-refractivity contribution in [3.63, 3.8) is 0 Å². The number of amides is 1. The van der Waals surface area contributed by atoms with Crippen molar-refractivity contribution in [2.24, 2.45) is 0 Å². The zero-order valence-corrected chi connectivity index (χ0v) is 16.9. The first kappa shape index (κ1) is 20.3. The molecule has 1 aromatic carbocycles. The van der Waals surface area contributed by atoms with Crippen molar-refractivity contribution in [1.29, 1.82) is 0 Å². The topological polar surface area (TPSA) is 63.1 Å². The summed E-state index contributed by atoms with van der Waals surface area (Å²) in [5.41, 5.74) is -0.929. The van der Waals surface area contributed by atoms with Crippen molar-refractivity contribution >= 4 is 40.9 Å². The summed E-state index contributed by atoms with van der Waals surface area (Å²) < 4.78 is 41.0. The van der Waals surface area contributed by atoms with E-state index in [1.807, 2.05) is 0 Å². The van der Waals surface area contributed by atoms with Crippen LogP contribution in [-0.2, 0) is 11.0 Å². The zero-order valence-electron chi connectivity index (χ0n) is 15.4. The number of alkyl halides is 3. The summed E-state index contributed by atoms with van der Waals surface area (Å²) in [5, 5.41) is 11.3. The molecule has 1 aromatic heterocycles. The van der Waals surface area contributed by atoms with Crippen molar-refractivity contribution in [2.75, 3.05) is 29.1 Å². The molecule has 1 N–H and O–H groups in total. The van der Waals surface area contributed by atoms with Gasteiger partial charge in [0.15, 0.2) is 5.16 Å². The Balaban J connectivity index is 1.42. The average Bonchev–Trinajstić information content (AvgIpc) is 3.18. The number of anilines is 2. The molecule has 2 heterocycles. The number of benzene rings is 1. The standard InChI is InChI=1S/C18H19ClF3N5OS/c19-14-6-3-11(9-13(14)18(20,21)22)23-15(28)10-29-17-25-24-16(26-7-1-2-8-26)27(17)12-4-5-12/h3,6,9,12H,1-2,4-5,7-8,10H2,(H,23,28). The Morgan fingerprint density at radius 3 is 2.62 bits per heavy atom. The highest BCUT2D eigenvalue weighted by molar-refractivity contribution is 7.99. The van der Waals surface area contributed by atoms with Crippen molar-refractivity contribution in [3.8, 4) is 0 Å². The molecular formula is C18H19ClF3N5OS. The number of nitrogens with zero attached hydrogens (tertiary/aromatic N) is 4. The smallest absolute Gasteiger partial charge is 0.341 e. The number of hydrogen-bond acceptors (Lipinski definition) is 5. The highest BCUT2D eigenvalue weighted by atomic mass is 35.5. The Kier molecular flexibility index (Phi) is 5.65. The quantitative estimate of drug-likeness (QED) is 0.657. The summed E-state index contributed by atoms with van der Waals surface area (Å²) in [5.74, 6) is 0.452. The second-order valence-electron chi connectivity index (χ2n) is 7.11. The molecule has 29 heavy (non-hydrogen) atoms. The van der Waals surface area contributed by atoms with Crippen LogP contribution in [0.4, 0.5) is 24.8 Å². The second kappa shape index (κ2) is 8.06. The minimum atomic E-state index is -4.58. The zero-order chi connectivity index (χ0) is 20.6. The van der Waals surface area contributed by atoms with Gasteiger partial charge in [-0.3, -0.25) is 9.36 Å². The van der Waals surface area contributed by atoms with Gasteiger partial charge in [-0.2, -0.15) is 13.2 Å². The minimum absolute atomic E-state index is 0.0226. The first-order valence-corrected chi connectivity index (χ1v) is 10.7. The van der Waals surface area contributed by atoms with E-state index in [1.165, 1.54) is 17.8 Å². The van der Waals surface area contributed by atoms with Crippen molar-refractivity contribution < 1.29 is 18.0 Å². The highest BCUT2D eigenvalue weighted by Gasteiger charge is 2.34. The molecule has 4 rings (SSSR count). The van der Waals surface area contributed by atoms with Crippen LogP contribution in [0.15, 0.2) is 23.4 Å². The lowest BCUT2D eigenvalue weighted by atomic mass is 10.2. The molecule has 1 aliphatic carbocycles. The lowest BCUT2D eigenvalue weighted by Crippen LogP contribution is -2.22. The van der Waals surface area contributed by atoms with E-state index in [-0.39, 0.29) is 11.4 Å². The second-order valence-corrected chi connectivity index (χ2v) is 8.46. The van der Waals surface area contributed by atoms with Crippen LogP contribution < -0.4 is 10.2 Å². The lowest BCUT2D eigenvalue weighted by molar-refractivity contribution is -0.137. The van der Waals surface area contributed by atoms with Gasteiger partial charge in [0.25, 0.3) is 0 Å². The van der Waals surface area contributed by atoms with Crippen LogP contribution in [0.2, 0.25) is 5.02 Å². The predicted molar refractivity (Wildman–Crippen MR) is 106 cm³/mol. The first-order chi connectivity index (χ1) is 13.8. The summed E-state index contributed by atoms with van der Waals surface area (Å²) in [7, 11) is 0. The molecule has 1 aliphatic heterocycles. The largest absolute Gasteiger partial charge is 0.417 e. The first-order valence-electron chi connectivity index (χ1n) is 9.32. The van der Waals surface area contributed by atoms with Gasteiger partial charge < -0.3 is 10.2 Å². The number of nitrogens with one attached hydrogen (secondary N) is 1. The van der Waals surface area contributed by atoms with Gasteiger partial charge in [-0.25, -0.2) is 0 Å². The summed E-state index contributed by atoms with van der Waals surface area (Å²) in [6, 6.07) is 3.66. The Morgan fingerprint density at radius 1 is 1.24 bits per heavy atom. The molecular weight excluding hydrogens is 427 g/mol. The average molecular weight is 446 g/mol. The van der Waals surface area contributed by atoms with Crippen LogP contribution in [0.3, 0.4) is 0 Å². The molecule has 2 aromatic rings. The maximum Gasteiger partial charge on any atom is 0.417 e. The summed E-state index contributed by atoms with van der Waals surface area (Å²) in [6.07, 6.45) is -0.209. The maximum atomic E-state index is 13.0. The maximum absolute atomic E-state index is 13.0. The number of thioether (sulfide) groups is 1. The molecule has 2 aliphatic rings. The fourth-order valence-electron chi connectivity index (χ4n) is 3.30. The monoisotopic (exact) mass is 445 g/mol. The van der Waals surface area contributed by atoms with E-state index in [0.717, 1.165) is 56.9 Å². The molecule has 0 spiro atoms. The number of carbonyl (C=O) groups is 1. The molecule has 0 bridgehead atoms. The SMILES string of the molecule is O=C(CSc1nnc(N2CCCC2)n1C1CC1)Nc1ccc(Cl)c(C(F)(F)F)c1. The van der Waals surface area contributed by atoms with Crippen LogP contribution in [0.5, 0.6) is 0 Å². The molecule has 1 amide bonds. The van der Waals surface area contributed by atoms with E-state index in [2.05, 4.69) is 25.0 Å². The summed E-state index contributed by atoms with van der Waals surface area (Å²) in [4.78, 5) is 14.5. The van der Waals surface area contributed by atoms with E-state index in [0.29, 0.717) is 11.2 Å². The number of halogens is 4. The Hall–Kier alpha value is -1.94. The van der Waals surface area contributed by atoms with E-state index >= 15 is 0 Å². The van der Waals surface area contributed by atoms with Crippen LogP contribution in [0.25, 0.3) is 0 Å². The molecule has 2 fully saturated rings. The van der Waals surface area contributed by atoms with E-state index < -0.39 is 22.7 Å². The highest BCUT2D eigenvalue weighted by Crippen LogP contribution is 2.41. The molecule has 1 saturated carbocycles. The fraction of sp³-hybridized carbons (Fsp3) is 0.500. The molecule has 6 nitrogen and oxygen atoms in total. The van der Waals surface area contributed by atoms with Gasteiger partial charge >= 0.3 is 6.18 Å². The third-order valence-electron chi connectivity index (χ3n) is 4.84. The summed E-state index contributed by atoms with van der Waals surface area (Å²) in [6.45, 7) is 1.90. The normalized spacial score (nSPS) is 17.0. The Labute approximate surface area is 174 Å². The molecule has 0 atom stereocenters. The third kappa shape index (κ3) is 4.63. The molecule has 0 radical (unpaired) electrons. The van der Waals surface area contributed by atoms with Crippen molar-refractivity contribution in [3.05, 3.63) is 28.8 Å². The third-order valence-corrected chi connectivity index (χ3v) is 6.11. The predicted octanol–water partition coefficient (Wildman–Crippen LogP) is 4.62. The molecule has 156 valence electrons.